The third kappa shape index (κ3) is 4.28. The van der Waals surface area contributed by atoms with Crippen LogP contribution >= 0.6 is 43.5 Å². The van der Waals surface area contributed by atoms with Gasteiger partial charge in [0.25, 0.3) is 0 Å². The van der Waals surface area contributed by atoms with Crippen molar-refractivity contribution in [2.75, 3.05) is 6.54 Å². The fourth-order valence-corrected chi connectivity index (χ4v) is 2.86. The minimum atomic E-state index is -0.275. The maximum Gasteiger partial charge on any atom is 0.129 e. The maximum atomic E-state index is 14.3. The molecule has 0 bridgehead atoms. The van der Waals surface area contributed by atoms with Crippen LogP contribution in [0.5, 0.6) is 0 Å². The molecule has 1 unspecified atom stereocenters. The monoisotopic (exact) mass is 433 g/mol. The molecule has 0 radical (unpaired) electrons. The van der Waals surface area contributed by atoms with Gasteiger partial charge in [0, 0.05) is 14.5 Å². The zero-order valence-electron chi connectivity index (χ0n) is 11.5. The summed E-state index contributed by atoms with van der Waals surface area (Å²) in [4.78, 5) is 0. The number of hydrogen-bond donors (Lipinski definition) is 1. The molecule has 1 N–H and O–H groups in total. The Morgan fingerprint density at radius 2 is 1.86 bits per heavy atom. The van der Waals surface area contributed by atoms with E-state index in [-0.39, 0.29) is 11.9 Å². The van der Waals surface area contributed by atoms with E-state index in [0.717, 1.165) is 23.0 Å². The van der Waals surface area contributed by atoms with Crippen molar-refractivity contribution >= 4 is 43.5 Å². The first-order valence-electron chi connectivity index (χ1n) is 6.66. The predicted octanol–water partition coefficient (Wildman–Crippen LogP) is 6.09. The highest BCUT2D eigenvalue weighted by atomic mass is 79.9. The Kier molecular flexibility index (Phi) is 6.23. The first-order valence-corrected chi connectivity index (χ1v) is 8.62. The normalized spacial score (nSPS) is 12.4. The van der Waals surface area contributed by atoms with Crippen molar-refractivity contribution in [1.29, 1.82) is 0 Å². The van der Waals surface area contributed by atoms with Crippen LogP contribution in [0.2, 0.25) is 5.02 Å². The molecule has 0 saturated heterocycles. The molecular weight excluding hydrogens is 420 g/mol. The number of rotatable bonds is 5. The van der Waals surface area contributed by atoms with Crippen LogP contribution in [-0.4, -0.2) is 6.54 Å². The maximum absolute atomic E-state index is 14.3. The second-order valence-electron chi connectivity index (χ2n) is 4.73. The lowest BCUT2D eigenvalue weighted by molar-refractivity contribution is 0.546. The van der Waals surface area contributed by atoms with Crippen LogP contribution in [0, 0.1) is 5.82 Å². The molecule has 0 heterocycles. The van der Waals surface area contributed by atoms with E-state index >= 15 is 0 Å². The van der Waals surface area contributed by atoms with Gasteiger partial charge < -0.3 is 5.32 Å². The van der Waals surface area contributed by atoms with Crippen LogP contribution in [0.25, 0.3) is 0 Å². The SMILES string of the molecule is CCCNC(c1ccc(Br)cc1)c1cc(Cl)c(Br)cc1F. The molecule has 2 aromatic carbocycles. The smallest absolute Gasteiger partial charge is 0.129 e. The Labute approximate surface area is 146 Å². The fraction of sp³-hybridized carbons (Fsp3) is 0.250. The van der Waals surface area contributed by atoms with E-state index < -0.39 is 0 Å². The van der Waals surface area contributed by atoms with Gasteiger partial charge >= 0.3 is 0 Å². The molecule has 0 saturated carbocycles. The van der Waals surface area contributed by atoms with Crippen molar-refractivity contribution in [3.63, 3.8) is 0 Å². The van der Waals surface area contributed by atoms with Crippen molar-refractivity contribution < 1.29 is 4.39 Å². The molecule has 0 aliphatic rings. The highest BCUT2D eigenvalue weighted by Crippen LogP contribution is 2.32. The fourth-order valence-electron chi connectivity index (χ4n) is 2.11. The minimum absolute atomic E-state index is 0.219. The zero-order chi connectivity index (χ0) is 15.4. The Bertz CT molecular complexity index is 616. The first kappa shape index (κ1) is 16.9. The van der Waals surface area contributed by atoms with Gasteiger partial charge in [-0.15, -0.1) is 0 Å². The summed E-state index contributed by atoms with van der Waals surface area (Å²) in [5.41, 5.74) is 1.56. The summed E-state index contributed by atoms with van der Waals surface area (Å²) in [7, 11) is 0. The van der Waals surface area contributed by atoms with E-state index in [4.69, 9.17) is 11.6 Å². The summed E-state index contributed by atoms with van der Waals surface area (Å²) in [5.74, 6) is -0.275. The molecule has 112 valence electrons. The van der Waals surface area contributed by atoms with Crippen LogP contribution in [-0.2, 0) is 0 Å². The molecule has 0 aliphatic heterocycles. The number of benzene rings is 2. The van der Waals surface area contributed by atoms with Gasteiger partial charge in [-0.2, -0.15) is 0 Å². The van der Waals surface area contributed by atoms with Crippen LogP contribution < -0.4 is 5.32 Å². The Hall–Kier alpha value is -0.420. The van der Waals surface area contributed by atoms with Crippen LogP contribution in [0.3, 0.4) is 0 Å². The molecular formula is C16H15Br2ClFN. The lowest BCUT2D eigenvalue weighted by atomic mass is 9.98. The standard InChI is InChI=1S/C16H15Br2ClFN/c1-2-7-21-16(10-3-5-11(17)6-4-10)12-8-14(19)13(18)9-15(12)20/h3-6,8-9,16,21H,2,7H2,1H3. The van der Waals surface area contributed by atoms with Crippen LogP contribution in [0.4, 0.5) is 4.39 Å². The average molecular weight is 436 g/mol. The number of hydrogen-bond acceptors (Lipinski definition) is 1. The van der Waals surface area contributed by atoms with E-state index in [2.05, 4.69) is 44.1 Å². The molecule has 0 fully saturated rings. The van der Waals surface area contributed by atoms with Gasteiger partial charge in [-0.3, -0.25) is 0 Å². The van der Waals surface area contributed by atoms with Crippen molar-refractivity contribution in [2.24, 2.45) is 0 Å². The summed E-state index contributed by atoms with van der Waals surface area (Å²) in [5, 5.41) is 3.89. The van der Waals surface area contributed by atoms with Gasteiger partial charge in [-0.05, 0) is 58.7 Å². The summed E-state index contributed by atoms with van der Waals surface area (Å²) in [6, 6.07) is 10.7. The molecule has 1 nitrogen and oxygen atoms in total. The second-order valence-corrected chi connectivity index (χ2v) is 6.90. The molecule has 0 aliphatic carbocycles. The van der Waals surface area contributed by atoms with Crippen molar-refractivity contribution in [1.82, 2.24) is 5.32 Å². The van der Waals surface area contributed by atoms with Crippen molar-refractivity contribution in [3.8, 4) is 0 Å². The van der Waals surface area contributed by atoms with Gasteiger partial charge in [-0.25, -0.2) is 4.39 Å². The lowest BCUT2D eigenvalue weighted by Crippen LogP contribution is -2.24. The van der Waals surface area contributed by atoms with Crippen LogP contribution in [0.1, 0.15) is 30.5 Å². The third-order valence-corrected chi connectivity index (χ3v) is 4.88. The molecule has 1 atom stereocenters. The Morgan fingerprint density at radius 1 is 1.19 bits per heavy atom. The molecule has 21 heavy (non-hydrogen) atoms. The lowest BCUT2D eigenvalue weighted by Gasteiger charge is -2.21. The highest BCUT2D eigenvalue weighted by Gasteiger charge is 2.19. The molecule has 2 rings (SSSR count). The summed E-state index contributed by atoms with van der Waals surface area (Å²) in [6.45, 7) is 2.88. The van der Waals surface area contributed by atoms with E-state index in [1.807, 2.05) is 24.3 Å². The highest BCUT2D eigenvalue weighted by molar-refractivity contribution is 9.10. The van der Waals surface area contributed by atoms with Gasteiger partial charge in [0.05, 0.1) is 11.1 Å². The van der Waals surface area contributed by atoms with E-state index in [0.29, 0.717) is 15.1 Å². The Morgan fingerprint density at radius 3 is 2.48 bits per heavy atom. The van der Waals surface area contributed by atoms with E-state index in [1.54, 1.807) is 6.07 Å². The summed E-state index contributed by atoms with van der Waals surface area (Å²) < 4.78 is 15.9. The Balaban J connectivity index is 2.45. The van der Waals surface area contributed by atoms with E-state index in [1.165, 1.54) is 6.07 Å². The zero-order valence-corrected chi connectivity index (χ0v) is 15.4. The van der Waals surface area contributed by atoms with Gasteiger partial charge in [-0.1, -0.05) is 46.6 Å². The quantitative estimate of drug-likeness (QED) is 0.560. The predicted molar refractivity (Wildman–Crippen MR) is 93.4 cm³/mol. The summed E-state index contributed by atoms with van der Waals surface area (Å²) >= 11 is 12.8. The largest absolute Gasteiger partial charge is 0.306 e. The molecule has 5 heteroatoms. The number of halogens is 4. The topological polar surface area (TPSA) is 12.0 Å². The summed E-state index contributed by atoms with van der Waals surface area (Å²) in [6.07, 6.45) is 0.971. The van der Waals surface area contributed by atoms with Crippen molar-refractivity contribution in [3.05, 3.63) is 67.3 Å². The number of nitrogens with one attached hydrogen (secondary N) is 1. The first-order chi connectivity index (χ1) is 10.0. The molecule has 0 amide bonds. The van der Waals surface area contributed by atoms with Gasteiger partial charge in [0.1, 0.15) is 5.82 Å². The van der Waals surface area contributed by atoms with E-state index in [9.17, 15) is 4.39 Å². The molecule has 0 spiro atoms. The minimum Gasteiger partial charge on any atom is -0.306 e. The second kappa shape index (κ2) is 7.73. The molecule has 0 aromatic heterocycles. The van der Waals surface area contributed by atoms with Gasteiger partial charge in [0.15, 0.2) is 0 Å². The average Bonchev–Trinajstić information content (AvgIpc) is 2.46. The van der Waals surface area contributed by atoms with Gasteiger partial charge in [0.2, 0.25) is 0 Å². The van der Waals surface area contributed by atoms with Crippen LogP contribution in [0.15, 0.2) is 45.3 Å². The molecule has 2 aromatic rings. The third-order valence-electron chi connectivity index (χ3n) is 3.15. The van der Waals surface area contributed by atoms with Crippen molar-refractivity contribution in [2.45, 2.75) is 19.4 Å².